The molecule has 0 radical (unpaired) electrons. The van der Waals surface area contributed by atoms with Gasteiger partial charge < -0.3 is 24.4 Å². The predicted octanol–water partition coefficient (Wildman–Crippen LogP) is 1.82. The Balaban J connectivity index is 2.33. The minimum absolute atomic E-state index is 0.222. The third-order valence-electron chi connectivity index (χ3n) is 3.21. The van der Waals surface area contributed by atoms with Gasteiger partial charge in [-0.2, -0.15) is 4.98 Å². The van der Waals surface area contributed by atoms with Gasteiger partial charge in [0.05, 0.1) is 27.5 Å². The van der Waals surface area contributed by atoms with E-state index in [1.54, 1.807) is 23.1 Å². The van der Waals surface area contributed by atoms with Crippen LogP contribution in [0.2, 0.25) is 0 Å². The van der Waals surface area contributed by atoms with Crippen molar-refractivity contribution in [3.05, 3.63) is 30.0 Å². The molecule has 1 N–H and O–H groups in total. The number of methoxy groups -OCH3 is 3. The van der Waals surface area contributed by atoms with E-state index in [2.05, 4.69) is 15.3 Å². The third kappa shape index (κ3) is 3.83. The number of ether oxygens (including phenoxy) is 3. The van der Waals surface area contributed by atoms with Crippen molar-refractivity contribution in [1.29, 1.82) is 0 Å². The monoisotopic (exact) mass is 332 g/mol. The summed E-state index contributed by atoms with van der Waals surface area (Å²) in [5.74, 6) is 1.26. The fraction of sp³-hybridized carbons (Fsp3) is 0.312. The minimum atomic E-state index is -0.330. The summed E-state index contributed by atoms with van der Waals surface area (Å²) in [5.41, 5.74) is 0.860. The van der Waals surface area contributed by atoms with Gasteiger partial charge in [0.15, 0.2) is 5.82 Å². The van der Waals surface area contributed by atoms with Crippen LogP contribution in [-0.4, -0.2) is 51.3 Å². The lowest BCUT2D eigenvalue weighted by Gasteiger charge is -2.17. The number of carbonyl (C=O) groups excluding carboxylic acids is 1. The third-order valence-corrected chi connectivity index (χ3v) is 3.21. The fourth-order valence-electron chi connectivity index (χ4n) is 2.02. The van der Waals surface area contributed by atoms with Crippen molar-refractivity contribution in [2.75, 3.05) is 45.6 Å². The van der Waals surface area contributed by atoms with Crippen molar-refractivity contribution in [3.8, 4) is 17.5 Å². The summed E-state index contributed by atoms with van der Waals surface area (Å²) >= 11 is 0. The summed E-state index contributed by atoms with van der Waals surface area (Å²) < 4.78 is 15.4. The summed E-state index contributed by atoms with van der Waals surface area (Å²) in [5, 5.41) is 2.79. The first kappa shape index (κ1) is 17.3. The van der Waals surface area contributed by atoms with Crippen molar-refractivity contribution in [2.24, 2.45) is 0 Å². The molecule has 8 heteroatoms. The second kappa shape index (κ2) is 7.49. The maximum absolute atomic E-state index is 12.6. The molecule has 1 amide bonds. The number of anilines is 2. The Labute approximate surface area is 140 Å². The average molecular weight is 332 g/mol. The molecule has 0 saturated heterocycles. The first-order valence-corrected chi connectivity index (χ1v) is 7.11. The van der Waals surface area contributed by atoms with E-state index in [-0.39, 0.29) is 11.9 Å². The van der Waals surface area contributed by atoms with Gasteiger partial charge in [0.25, 0.3) is 5.91 Å². The Kier molecular flexibility index (Phi) is 5.41. The van der Waals surface area contributed by atoms with Crippen LogP contribution in [0.4, 0.5) is 11.5 Å². The normalized spacial score (nSPS) is 10.0. The highest BCUT2D eigenvalue weighted by Gasteiger charge is 2.15. The molecule has 1 aromatic carbocycles. The van der Waals surface area contributed by atoms with Crippen molar-refractivity contribution in [1.82, 2.24) is 9.97 Å². The Morgan fingerprint density at radius 1 is 1.04 bits per heavy atom. The number of rotatable bonds is 6. The Hall–Kier alpha value is -3.03. The second-order valence-corrected chi connectivity index (χ2v) is 5.04. The number of hydrogen-bond donors (Lipinski definition) is 1. The molecule has 0 atom stereocenters. The molecule has 0 bridgehead atoms. The number of hydrogen-bond acceptors (Lipinski definition) is 7. The highest BCUT2D eigenvalue weighted by Crippen LogP contribution is 2.26. The molecular weight excluding hydrogens is 312 g/mol. The highest BCUT2D eigenvalue weighted by atomic mass is 16.5. The minimum Gasteiger partial charge on any atom is -0.497 e. The van der Waals surface area contributed by atoms with Gasteiger partial charge in [0.2, 0.25) is 0 Å². The molecule has 0 saturated carbocycles. The number of carbonyl (C=O) groups is 1. The molecule has 0 spiro atoms. The predicted molar refractivity (Wildman–Crippen MR) is 90.4 cm³/mol. The smallest absolute Gasteiger partial charge is 0.318 e. The topological polar surface area (TPSA) is 85.8 Å². The molecule has 1 heterocycles. The van der Waals surface area contributed by atoms with Crippen molar-refractivity contribution in [3.63, 3.8) is 0 Å². The number of nitrogens with one attached hydrogen (secondary N) is 1. The highest BCUT2D eigenvalue weighted by molar-refractivity contribution is 6.06. The van der Waals surface area contributed by atoms with Gasteiger partial charge in [-0.15, -0.1) is 0 Å². The van der Waals surface area contributed by atoms with E-state index in [1.807, 2.05) is 14.1 Å². The van der Waals surface area contributed by atoms with Crippen LogP contribution in [0.15, 0.2) is 24.4 Å². The summed E-state index contributed by atoms with van der Waals surface area (Å²) in [6, 6.07) is 5.16. The Morgan fingerprint density at radius 3 is 2.17 bits per heavy atom. The quantitative estimate of drug-likeness (QED) is 0.863. The van der Waals surface area contributed by atoms with Gasteiger partial charge in [0.1, 0.15) is 17.2 Å². The zero-order valence-electron chi connectivity index (χ0n) is 14.3. The first-order chi connectivity index (χ1) is 11.5. The molecule has 0 aliphatic rings. The zero-order chi connectivity index (χ0) is 17.7. The Bertz CT molecular complexity index is 712. The molecule has 8 nitrogen and oxygen atoms in total. The van der Waals surface area contributed by atoms with Crippen LogP contribution < -0.4 is 24.4 Å². The largest absolute Gasteiger partial charge is 0.497 e. The molecule has 0 unspecified atom stereocenters. The lowest BCUT2D eigenvalue weighted by atomic mass is 10.2. The lowest BCUT2D eigenvalue weighted by Crippen LogP contribution is -2.18. The number of amides is 1. The summed E-state index contributed by atoms with van der Waals surface area (Å²) in [6.45, 7) is 0. The molecular formula is C16H20N4O4. The lowest BCUT2D eigenvalue weighted by molar-refractivity contribution is 0.102. The van der Waals surface area contributed by atoms with Gasteiger partial charge in [0, 0.05) is 25.7 Å². The molecule has 2 aromatic rings. The van der Waals surface area contributed by atoms with E-state index in [9.17, 15) is 4.79 Å². The molecule has 128 valence electrons. The van der Waals surface area contributed by atoms with Crippen LogP contribution >= 0.6 is 0 Å². The van der Waals surface area contributed by atoms with Crippen molar-refractivity contribution >= 4 is 17.4 Å². The fourth-order valence-corrected chi connectivity index (χ4v) is 2.02. The maximum atomic E-state index is 12.6. The maximum Gasteiger partial charge on any atom is 0.318 e. The number of aromatic nitrogens is 2. The van der Waals surface area contributed by atoms with Gasteiger partial charge in [-0.1, -0.05) is 0 Å². The average Bonchev–Trinajstić information content (AvgIpc) is 2.61. The van der Waals surface area contributed by atoms with Gasteiger partial charge in [-0.05, 0) is 12.1 Å². The van der Waals surface area contributed by atoms with Crippen LogP contribution in [0.5, 0.6) is 17.5 Å². The van der Waals surface area contributed by atoms with Crippen LogP contribution in [0.25, 0.3) is 0 Å². The second-order valence-electron chi connectivity index (χ2n) is 5.04. The summed E-state index contributed by atoms with van der Waals surface area (Å²) in [4.78, 5) is 22.6. The SMILES string of the molecule is COc1cc(OC)cc(C(=O)Nc2cnc(OC)nc2N(C)C)c1. The van der Waals surface area contributed by atoms with E-state index in [0.29, 0.717) is 28.6 Å². The van der Waals surface area contributed by atoms with Crippen LogP contribution in [-0.2, 0) is 0 Å². The van der Waals surface area contributed by atoms with Crippen molar-refractivity contribution in [2.45, 2.75) is 0 Å². The van der Waals surface area contributed by atoms with E-state index >= 15 is 0 Å². The molecule has 2 rings (SSSR count). The van der Waals surface area contributed by atoms with E-state index in [0.717, 1.165) is 0 Å². The zero-order valence-corrected chi connectivity index (χ0v) is 14.3. The molecule has 0 fully saturated rings. The van der Waals surface area contributed by atoms with Gasteiger partial charge >= 0.3 is 6.01 Å². The van der Waals surface area contributed by atoms with E-state index < -0.39 is 0 Å². The van der Waals surface area contributed by atoms with Crippen LogP contribution in [0.1, 0.15) is 10.4 Å². The van der Waals surface area contributed by atoms with Crippen LogP contribution in [0.3, 0.4) is 0 Å². The first-order valence-electron chi connectivity index (χ1n) is 7.11. The summed E-state index contributed by atoms with van der Waals surface area (Å²) in [6.07, 6.45) is 1.50. The van der Waals surface area contributed by atoms with Gasteiger partial charge in [-0.3, -0.25) is 4.79 Å². The Morgan fingerprint density at radius 2 is 1.67 bits per heavy atom. The standard InChI is InChI=1S/C16H20N4O4/c1-20(2)14-13(9-17-16(19-14)24-5)18-15(21)10-6-11(22-3)8-12(7-10)23-4/h6-9H,1-5H3,(H,18,21). The molecule has 0 aliphatic heterocycles. The van der Waals surface area contributed by atoms with Crippen molar-refractivity contribution < 1.29 is 19.0 Å². The number of benzene rings is 1. The molecule has 1 aromatic heterocycles. The number of nitrogens with zero attached hydrogens (tertiary/aromatic N) is 3. The van der Waals surface area contributed by atoms with E-state index in [1.165, 1.54) is 27.5 Å². The molecule has 24 heavy (non-hydrogen) atoms. The van der Waals surface area contributed by atoms with Crippen LogP contribution in [0, 0.1) is 0 Å². The van der Waals surface area contributed by atoms with Gasteiger partial charge in [-0.25, -0.2) is 4.98 Å². The summed E-state index contributed by atoms with van der Waals surface area (Å²) in [7, 11) is 8.16. The molecule has 0 aliphatic carbocycles. The van der Waals surface area contributed by atoms with E-state index in [4.69, 9.17) is 14.2 Å².